The van der Waals surface area contributed by atoms with Gasteiger partial charge in [-0.1, -0.05) is 18.2 Å². The minimum absolute atomic E-state index is 0.0980. The molecular formula is C14H13NO. The van der Waals surface area contributed by atoms with E-state index in [1.165, 1.54) is 0 Å². The maximum atomic E-state index is 11.2. The molecule has 0 unspecified atom stereocenters. The van der Waals surface area contributed by atoms with Crippen LogP contribution in [-0.2, 0) is 4.79 Å². The Morgan fingerprint density at radius 1 is 1.19 bits per heavy atom. The molecule has 1 aromatic heterocycles. The normalized spacial score (nSPS) is 11.8. The first-order valence-corrected chi connectivity index (χ1v) is 5.21. The molecule has 0 aliphatic rings. The summed E-state index contributed by atoms with van der Waals surface area (Å²) in [5, 5.41) is 1.07. The van der Waals surface area contributed by atoms with E-state index < -0.39 is 0 Å². The van der Waals surface area contributed by atoms with Gasteiger partial charge in [-0.2, -0.15) is 0 Å². The molecule has 2 aromatic rings. The first kappa shape index (κ1) is 10.6. The van der Waals surface area contributed by atoms with Crippen molar-refractivity contribution < 1.29 is 4.79 Å². The van der Waals surface area contributed by atoms with Crippen LogP contribution in [0.2, 0.25) is 0 Å². The monoisotopic (exact) mass is 211 g/mol. The van der Waals surface area contributed by atoms with Crippen LogP contribution >= 0.6 is 0 Å². The molecule has 0 saturated heterocycles. The SMILES string of the molecule is CC(=O)/C(C)=C/c1ccnc2ccccc12. The van der Waals surface area contributed by atoms with E-state index in [9.17, 15) is 4.79 Å². The summed E-state index contributed by atoms with van der Waals surface area (Å²) < 4.78 is 0. The number of nitrogens with zero attached hydrogens (tertiary/aromatic N) is 1. The highest BCUT2D eigenvalue weighted by Crippen LogP contribution is 2.18. The van der Waals surface area contributed by atoms with Crippen molar-refractivity contribution in [2.24, 2.45) is 0 Å². The van der Waals surface area contributed by atoms with E-state index in [0.717, 1.165) is 22.0 Å². The predicted molar refractivity (Wildman–Crippen MR) is 66.1 cm³/mol. The van der Waals surface area contributed by atoms with E-state index in [4.69, 9.17) is 0 Å². The molecule has 0 fully saturated rings. The summed E-state index contributed by atoms with van der Waals surface area (Å²) in [6.07, 6.45) is 3.67. The highest BCUT2D eigenvalue weighted by molar-refractivity contribution is 5.99. The molecule has 80 valence electrons. The van der Waals surface area contributed by atoms with Gasteiger partial charge in [0.2, 0.25) is 0 Å². The van der Waals surface area contributed by atoms with Gasteiger partial charge in [-0.15, -0.1) is 0 Å². The molecule has 0 bridgehead atoms. The van der Waals surface area contributed by atoms with E-state index in [2.05, 4.69) is 4.98 Å². The van der Waals surface area contributed by atoms with Gasteiger partial charge >= 0.3 is 0 Å². The molecule has 0 N–H and O–H groups in total. The fourth-order valence-corrected chi connectivity index (χ4v) is 1.58. The topological polar surface area (TPSA) is 30.0 Å². The first-order chi connectivity index (χ1) is 7.68. The number of hydrogen-bond acceptors (Lipinski definition) is 2. The van der Waals surface area contributed by atoms with Crippen LogP contribution in [0, 0.1) is 0 Å². The summed E-state index contributed by atoms with van der Waals surface area (Å²) in [6, 6.07) is 9.84. The van der Waals surface area contributed by atoms with Gasteiger partial charge in [0.25, 0.3) is 0 Å². The smallest absolute Gasteiger partial charge is 0.155 e. The minimum Gasteiger partial charge on any atom is -0.295 e. The molecule has 0 radical (unpaired) electrons. The van der Waals surface area contributed by atoms with Crippen molar-refractivity contribution in [2.75, 3.05) is 0 Å². The second kappa shape index (κ2) is 4.27. The van der Waals surface area contributed by atoms with E-state index in [0.29, 0.717) is 0 Å². The summed E-state index contributed by atoms with van der Waals surface area (Å²) in [5.41, 5.74) is 2.75. The molecule has 2 nitrogen and oxygen atoms in total. The zero-order chi connectivity index (χ0) is 11.5. The number of pyridine rings is 1. The van der Waals surface area contributed by atoms with Crippen LogP contribution in [0.25, 0.3) is 17.0 Å². The molecule has 2 heteroatoms. The standard InChI is InChI=1S/C14H13NO/c1-10(11(2)16)9-12-7-8-15-14-6-4-3-5-13(12)14/h3-9H,1-2H3/b10-9+. The zero-order valence-corrected chi connectivity index (χ0v) is 9.40. The average molecular weight is 211 g/mol. The highest BCUT2D eigenvalue weighted by atomic mass is 16.1. The maximum Gasteiger partial charge on any atom is 0.155 e. The lowest BCUT2D eigenvalue weighted by Gasteiger charge is -2.02. The number of para-hydroxylation sites is 1. The second-order valence-corrected chi connectivity index (χ2v) is 3.80. The number of carbonyl (C=O) groups is 1. The van der Waals surface area contributed by atoms with Gasteiger partial charge in [0.15, 0.2) is 5.78 Å². The van der Waals surface area contributed by atoms with Gasteiger partial charge in [-0.25, -0.2) is 0 Å². The van der Waals surface area contributed by atoms with Gasteiger partial charge in [-0.3, -0.25) is 9.78 Å². The molecule has 16 heavy (non-hydrogen) atoms. The molecule has 0 amide bonds. The van der Waals surface area contributed by atoms with Crippen molar-refractivity contribution in [1.82, 2.24) is 4.98 Å². The summed E-state index contributed by atoms with van der Waals surface area (Å²) in [4.78, 5) is 15.5. The molecule has 0 aliphatic carbocycles. The van der Waals surface area contributed by atoms with Gasteiger partial charge in [-0.05, 0) is 43.2 Å². The van der Waals surface area contributed by atoms with Crippen molar-refractivity contribution in [3.05, 3.63) is 47.7 Å². The van der Waals surface area contributed by atoms with E-state index in [1.807, 2.05) is 43.3 Å². The number of aromatic nitrogens is 1. The Morgan fingerprint density at radius 2 is 1.94 bits per heavy atom. The van der Waals surface area contributed by atoms with Crippen LogP contribution in [0.4, 0.5) is 0 Å². The third kappa shape index (κ3) is 2.01. The van der Waals surface area contributed by atoms with Crippen molar-refractivity contribution in [1.29, 1.82) is 0 Å². The van der Waals surface area contributed by atoms with Crippen LogP contribution < -0.4 is 0 Å². The Bertz CT molecular complexity index is 564. The molecular weight excluding hydrogens is 198 g/mol. The Hall–Kier alpha value is -1.96. The third-order valence-corrected chi connectivity index (χ3v) is 2.61. The van der Waals surface area contributed by atoms with E-state index in [1.54, 1.807) is 13.1 Å². The lowest BCUT2D eigenvalue weighted by molar-refractivity contribution is -0.113. The van der Waals surface area contributed by atoms with Crippen molar-refractivity contribution >= 4 is 22.8 Å². The number of allylic oxidation sites excluding steroid dienone is 1. The average Bonchev–Trinajstić information content (AvgIpc) is 2.29. The molecule has 1 heterocycles. The predicted octanol–water partition coefficient (Wildman–Crippen LogP) is 3.23. The fourth-order valence-electron chi connectivity index (χ4n) is 1.58. The number of fused-ring (bicyclic) bond motifs is 1. The lowest BCUT2D eigenvalue weighted by Crippen LogP contribution is -1.91. The number of carbonyl (C=O) groups excluding carboxylic acids is 1. The number of benzene rings is 1. The van der Waals surface area contributed by atoms with Crippen molar-refractivity contribution in [3.63, 3.8) is 0 Å². The highest BCUT2D eigenvalue weighted by Gasteiger charge is 2.01. The minimum atomic E-state index is 0.0980. The van der Waals surface area contributed by atoms with Crippen molar-refractivity contribution in [3.8, 4) is 0 Å². The van der Waals surface area contributed by atoms with Crippen molar-refractivity contribution in [2.45, 2.75) is 13.8 Å². The third-order valence-electron chi connectivity index (χ3n) is 2.61. The second-order valence-electron chi connectivity index (χ2n) is 3.80. The van der Waals surface area contributed by atoms with Crippen LogP contribution in [0.1, 0.15) is 19.4 Å². The summed E-state index contributed by atoms with van der Waals surface area (Å²) in [6.45, 7) is 3.41. The van der Waals surface area contributed by atoms with Crippen LogP contribution in [-0.4, -0.2) is 10.8 Å². The quantitative estimate of drug-likeness (QED) is 0.714. The van der Waals surface area contributed by atoms with E-state index in [-0.39, 0.29) is 5.78 Å². The maximum absolute atomic E-state index is 11.2. The molecule has 2 rings (SSSR count). The van der Waals surface area contributed by atoms with Gasteiger partial charge in [0, 0.05) is 11.6 Å². The number of Topliss-reactive ketones (excluding diaryl/α,β-unsaturated/α-hetero) is 1. The molecule has 0 atom stereocenters. The Labute approximate surface area is 94.6 Å². The zero-order valence-electron chi connectivity index (χ0n) is 9.40. The summed E-state index contributed by atoms with van der Waals surface area (Å²) in [5.74, 6) is 0.0980. The molecule has 0 spiro atoms. The first-order valence-electron chi connectivity index (χ1n) is 5.21. The van der Waals surface area contributed by atoms with Crippen LogP contribution in [0.5, 0.6) is 0 Å². The fraction of sp³-hybridized carbons (Fsp3) is 0.143. The van der Waals surface area contributed by atoms with Gasteiger partial charge < -0.3 is 0 Å². The van der Waals surface area contributed by atoms with Crippen LogP contribution in [0.15, 0.2) is 42.1 Å². The Morgan fingerprint density at radius 3 is 2.69 bits per heavy atom. The summed E-state index contributed by atoms with van der Waals surface area (Å²) in [7, 11) is 0. The number of hydrogen-bond donors (Lipinski definition) is 0. The van der Waals surface area contributed by atoms with Crippen LogP contribution in [0.3, 0.4) is 0 Å². The lowest BCUT2D eigenvalue weighted by atomic mass is 10.1. The number of ketones is 1. The molecule has 0 aliphatic heterocycles. The largest absolute Gasteiger partial charge is 0.295 e. The van der Waals surface area contributed by atoms with Gasteiger partial charge in [0.1, 0.15) is 0 Å². The molecule has 0 saturated carbocycles. The van der Waals surface area contributed by atoms with Gasteiger partial charge in [0.05, 0.1) is 5.52 Å². The Balaban J connectivity index is 2.61. The Kier molecular flexibility index (Phi) is 2.82. The number of rotatable bonds is 2. The van der Waals surface area contributed by atoms with E-state index >= 15 is 0 Å². The summed E-state index contributed by atoms with van der Waals surface area (Å²) >= 11 is 0. The molecule has 1 aromatic carbocycles.